The standard InChI is InChI=1S/C52H59N3O8S/c1-4-29-55(64(58,59)47-21-13-18-38-19-14-28-53-51(38)47)48-35-45(54-60-3)43-33-39(17-9-11-30-56)42(20-10-12-31-57)49-44-34-41(26-27-46(44)63-52(48,50(43)49)61-32-5-2)62-40-24-22-37(23-25-40)36-15-7-6-8-16-36/h5-8,13-16,18-19,21-28,33-34,39,42,48-50,56-57H,2,4,9-12,17,20,29-32,35H2,1,3H3/t39-,42+,48-,49+,50+,52+/m0/s1. The fourth-order valence-electron chi connectivity index (χ4n) is 10.4. The fraction of sp³-hybridized carbons (Fsp3) is 0.385. The predicted octanol–water partition coefficient (Wildman–Crippen LogP) is 10.1. The number of unbranched alkanes of at least 4 members (excludes halogenated alkanes) is 2. The molecule has 8 rings (SSSR count). The van der Waals surface area contributed by atoms with Gasteiger partial charge in [-0.3, -0.25) is 4.98 Å². The molecular formula is C52H59N3O8S. The highest BCUT2D eigenvalue weighted by Crippen LogP contribution is 2.62. The minimum absolute atomic E-state index is 0.00907. The Labute approximate surface area is 377 Å². The first-order valence-electron chi connectivity index (χ1n) is 22.6. The van der Waals surface area contributed by atoms with Gasteiger partial charge in [-0.05, 0) is 103 Å². The summed E-state index contributed by atoms with van der Waals surface area (Å²) in [6, 6.07) is 32.1. The van der Waals surface area contributed by atoms with Crippen LogP contribution in [0.3, 0.4) is 0 Å². The highest BCUT2D eigenvalue weighted by Gasteiger charge is 2.66. The Kier molecular flexibility index (Phi) is 14.3. The van der Waals surface area contributed by atoms with E-state index in [1.807, 2.05) is 73.7 Å². The number of benzene rings is 4. The van der Waals surface area contributed by atoms with E-state index in [9.17, 15) is 10.2 Å². The lowest BCUT2D eigenvalue weighted by Crippen LogP contribution is -2.70. The minimum atomic E-state index is -4.26. The van der Waals surface area contributed by atoms with Gasteiger partial charge >= 0.3 is 0 Å². The Bertz CT molecular complexity index is 2560. The monoisotopic (exact) mass is 885 g/mol. The van der Waals surface area contributed by atoms with Crippen molar-refractivity contribution < 1.29 is 37.7 Å². The van der Waals surface area contributed by atoms with Gasteiger partial charge in [0.15, 0.2) is 0 Å². The van der Waals surface area contributed by atoms with Crippen molar-refractivity contribution in [2.75, 3.05) is 33.5 Å². The second-order valence-corrected chi connectivity index (χ2v) is 18.8. The fourth-order valence-corrected chi connectivity index (χ4v) is 12.3. The number of hydrogen-bond donors (Lipinski definition) is 2. The normalized spacial score (nSPS) is 23.2. The van der Waals surface area contributed by atoms with Crippen LogP contribution in [0.25, 0.3) is 22.0 Å². The molecule has 0 saturated heterocycles. The van der Waals surface area contributed by atoms with Crippen molar-refractivity contribution in [3.05, 3.63) is 139 Å². The van der Waals surface area contributed by atoms with Gasteiger partial charge in [-0.1, -0.05) is 97.7 Å². The van der Waals surface area contributed by atoms with Crippen molar-refractivity contribution in [2.24, 2.45) is 22.9 Å². The molecule has 2 aliphatic carbocycles. The van der Waals surface area contributed by atoms with Crippen molar-refractivity contribution in [1.82, 2.24) is 9.29 Å². The average Bonchev–Trinajstić information content (AvgIpc) is 3.32. The van der Waals surface area contributed by atoms with Gasteiger partial charge in [0.05, 0.1) is 29.8 Å². The summed E-state index contributed by atoms with van der Waals surface area (Å²) in [5.41, 5.74) is 5.04. The third kappa shape index (κ3) is 8.86. The van der Waals surface area contributed by atoms with E-state index < -0.39 is 27.8 Å². The van der Waals surface area contributed by atoms with Crippen LogP contribution in [0.2, 0.25) is 0 Å². The number of oxime groups is 1. The molecule has 4 aromatic carbocycles. The van der Waals surface area contributed by atoms with Crippen molar-refractivity contribution in [3.63, 3.8) is 0 Å². The first-order valence-corrected chi connectivity index (χ1v) is 24.0. The molecule has 1 fully saturated rings. The second-order valence-electron chi connectivity index (χ2n) is 16.9. The molecule has 336 valence electrons. The zero-order valence-corrected chi connectivity index (χ0v) is 37.5. The number of nitrogens with zero attached hydrogens (tertiary/aromatic N) is 3. The Balaban J connectivity index is 1.31. The molecule has 6 atom stereocenters. The summed E-state index contributed by atoms with van der Waals surface area (Å²) in [5, 5.41) is 25.3. The van der Waals surface area contributed by atoms with Crippen LogP contribution in [-0.4, -0.2) is 78.9 Å². The maximum Gasteiger partial charge on any atom is 0.245 e. The van der Waals surface area contributed by atoms with Gasteiger partial charge in [-0.25, -0.2) is 8.42 Å². The number of hydrogen-bond acceptors (Lipinski definition) is 10. The van der Waals surface area contributed by atoms with E-state index >= 15 is 8.42 Å². The molecule has 12 heteroatoms. The van der Waals surface area contributed by atoms with Crippen molar-refractivity contribution >= 4 is 26.6 Å². The molecule has 0 radical (unpaired) electrons. The van der Waals surface area contributed by atoms with Gasteiger partial charge < -0.3 is 29.3 Å². The van der Waals surface area contributed by atoms with Gasteiger partial charge in [0.25, 0.3) is 0 Å². The summed E-state index contributed by atoms with van der Waals surface area (Å²) < 4.78 is 53.5. The van der Waals surface area contributed by atoms with Gasteiger partial charge in [0, 0.05) is 49.2 Å². The molecule has 1 saturated carbocycles. The highest BCUT2D eigenvalue weighted by atomic mass is 32.2. The predicted molar refractivity (Wildman–Crippen MR) is 250 cm³/mol. The lowest BCUT2D eigenvalue weighted by atomic mass is 9.55. The summed E-state index contributed by atoms with van der Waals surface area (Å²) in [4.78, 5) is 10.3. The van der Waals surface area contributed by atoms with Crippen LogP contribution in [0.4, 0.5) is 0 Å². The molecular weight excluding hydrogens is 827 g/mol. The van der Waals surface area contributed by atoms with E-state index in [4.69, 9.17) is 19.0 Å². The average molecular weight is 886 g/mol. The topological polar surface area (TPSA) is 140 Å². The summed E-state index contributed by atoms with van der Waals surface area (Å²) in [6.45, 7) is 6.42. The van der Waals surface area contributed by atoms with Gasteiger partial charge in [0.2, 0.25) is 15.8 Å². The Morgan fingerprint density at radius 3 is 2.38 bits per heavy atom. The third-order valence-electron chi connectivity index (χ3n) is 13.0. The summed E-state index contributed by atoms with van der Waals surface area (Å²) in [6.07, 6.45) is 10.7. The summed E-state index contributed by atoms with van der Waals surface area (Å²) in [5.74, 6) is -0.421. The molecule has 1 aliphatic heterocycles. The number of fused-ring (bicyclic) bond motifs is 3. The van der Waals surface area contributed by atoms with Crippen LogP contribution in [-0.2, 0) is 19.6 Å². The van der Waals surface area contributed by atoms with Crippen LogP contribution in [0.5, 0.6) is 17.2 Å². The van der Waals surface area contributed by atoms with E-state index in [1.165, 1.54) is 7.11 Å². The Hall–Kier alpha value is -5.37. The second kappa shape index (κ2) is 20.2. The highest BCUT2D eigenvalue weighted by molar-refractivity contribution is 7.89. The Morgan fingerprint density at radius 1 is 0.906 bits per heavy atom. The first kappa shape index (κ1) is 45.2. The maximum absolute atomic E-state index is 15.4. The van der Waals surface area contributed by atoms with Crippen molar-refractivity contribution in [1.29, 1.82) is 0 Å². The van der Waals surface area contributed by atoms with Crippen LogP contribution in [0, 0.1) is 17.8 Å². The van der Waals surface area contributed by atoms with Gasteiger partial charge in [-0.15, -0.1) is 6.58 Å². The molecule has 0 spiro atoms. The molecule has 11 nitrogen and oxygen atoms in total. The van der Waals surface area contributed by atoms with E-state index in [0.717, 1.165) is 47.9 Å². The number of aromatic nitrogens is 1. The summed E-state index contributed by atoms with van der Waals surface area (Å²) in [7, 11) is -2.75. The lowest BCUT2D eigenvalue weighted by molar-refractivity contribution is -0.251. The molecule has 1 aromatic heterocycles. The first-order chi connectivity index (χ1) is 31.3. The van der Waals surface area contributed by atoms with Crippen molar-refractivity contribution in [3.8, 4) is 28.4 Å². The lowest BCUT2D eigenvalue weighted by Gasteiger charge is -2.59. The number of pyridine rings is 1. The number of aliphatic hydroxyl groups is 2. The van der Waals surface area contributed by atoms with E-state index in [2.05, 4.69) is 41.0 Å². The van der Waals surface area contributed by atoms with Crippen LogP contribution in [0.1, 0.15) is 69.8 Å². The van der Waals surface area contributed by atoms with E-state index in [0.29, 0.717) is 53.1 Å². The molecule has 2 N–H and O–H groups in total. The zero-order valence-electron chi connectivity index (χ0n) is 36.7. The quantitative estimate of drug-likeness (QED) is 0.0444. The van der Waals surface area contributed by atoms with Crippen LogP contribution >= 0.6 is 0 Å². The number of aliphatic hydroxyl groups excluding tert-OH is 2. The van der Waals surface area contributed by atoms with E-state index in [-0.39, 0.29) is 55.4 Å². The molecule has 64 heavy (non-hydrogen) atoms. The number of sulfonamides is 1. The Morgan fingerprint density at radius 2 is 1.64 bits per heavy atom. The van der Waals surface area contributed by atoms with Gasteiger partial charge in [-0.2, -0.15) is 4.31 Å². The molecule has 2 heterocycles. The van der Waals surface area contributed by atoms with Gasteiger partial charge in [0.1, 0.15) is 29.3 Å². The minimum Gasteiger partial charge on any atom is -0.460 e. The molecule has 3 aliphatic rings. The van der Waals surface area contributed by atoms with Crippen LogP contribution < -0.4 is 9.47 Å². The molecule has 0 bridgehead atoms. The number of ether oxygens (including phenoxy) is 3. The largest absolute Gasteiger partial charge is 0.460 e. The smallest absolute Gasteiger partial charge is 0.245 e. The molecule has 0 amide bonds. The summed E-state index contributed by atoms with van der Waals surface area (Å²) >= 11 is 0. The third-order valence-corrected chi connectivity index (χ3v) is 15.0. The van der Waals surface area contributed by atoms with Crippen molar-refractivity contribution in [2.45, 2.75) is 80.9 Å². The number of allylic oxidation sites excluding steroid dienone is 1. The molecule has 0 unspecified atom stereocenters. The SMILES string of the molecule is C=CCO[C@@]12Oc3ccc(Oc4ccc(-c5ccccc5)cc4)cc3[C@H]3[C@H](CCCCO)[C@@H](CCCCO)C=C(C(=NOC)C[C@@H]1N(CCC)S(=O)(=O)c1cccc4cccnc14)[C@H]32. The zero-order chi connectivity index (χ0) is 44.7. The number of para-hydroxylation sites is 1. The van der Waals surface area contributed by atoms with Crippen LogP contribution in [0.15, 0.2) is 144 Å². The number of rotatable bonds is 20. The molecule has 5 aromatic rings. The maximum atomic E-state index is 15.4. The van der Waals surface area contributed by atoms with E-state index in [1.54, 1.807) is 34.8 Å².